The second-order valence-corrected chi connectivity index (χ2v) is 6.48. The number of ether oxygens (including phenoxy) is 1. The van der Waals surface area contributed by atoms with Gasteiger partial charge in [0.2, 0.25) is 0 Å². The number of benzene rings is 2. The fourth-order valence-electron chi connectivity index (χ4n) is 2.00. The second kappa shape index (κ2) is 8.74. The molecule has 0 unspecified atom stereocenters. The van der Waals surface area contributed by atoms with Gasteiger partial charge in [0, 0.05) is 5.02 Å². The van der Waals surface area contributed by atoms with E-state index in [4.69, 9.17) is 27.9 Å². The lowest BCUT2D eigenvalue weighted by molar-refractivity contribution is -0.123. The van der Waals surface area contributed by atoms with Gasteiger partial charge < -0.3 is 4.74 Å². The van der Waals surface area contributed by atoms with Crippen molar-refractivity contribution >= 4 is 35.0 Å². The van der Waals surface area contributed by atoms with Gasteiger partial charge in [-0.05, 0) is 41.8 Å². The monoisotopic (exact) mass is 380 g/mol. The van der Waals surface area contributed by atoms with Crippen LogP contribution in [0.5, 0.6) is 5.75 Å². The van der Waals surface area contributed by atoms with Crippen molar-refractivity contribution in [2.45, 2.75) is 19.8 Å². The first-order valence-corrected chi connectivity index (χ1v) is 8.39. The molecule has 2 aromatic carbocycles. The molecule has 25 heavy (non-hydrogen) atoms. The minimum absolute atomic E-state index is 0.195. The molecule has 0 saturated heterocycles. The summed E-state index contributed by atoms with van der Waals surface area (Å²) in [5.74, 6) is -0.0402. The predicted molar refractivity (Wildman–Crippen MR) is 98.1 cm³/mol. The molecule has 0 aliphatic rings. The van der Waals surface area contributed by atoms with Crippen LogP contribution in [-0.4, -0.2) is 18.4 Å². The third-order valence-electron chi connectivity index (χ3n) is 3.41. The molecule has 0 saturated carbocycles. The zero-order valence-electron chi connectivity index (χ0n) is 13.8. The van der Waals surface area contributed by atoms with Gasteiger partial charge in [0.25, 0.3) is 11.8 Å². The fraction of sp³-hybridized carbons (Fsp3) is 0.222. The van der Waals surface area contributed by atoms with E-state index in [0.717, 1.165) is 0 Å². The van der Waals surface area contributed by atoms with E-state index in [9.17, 15) is 9.59 Å². The van der Waals surface area contributed by atoms with Crippen molar-refractivity contribution in [1.29, 1.82) is 0 Å². The molecular weight excluding hydrogens is 363 g/mol. The van der Waals surface area contributed by atoms with Crippen LogP contribution in [0.4, 0.5) is 0 Å². The topological polar surface area (TPSA) is 67.4 Å². The standard InChI is InChI=1S/C18H18Cl2N2O3/c1-11(2)12-3-6-14(7-4-12)25-10-17(23)21-22-18(24)15-8-5-13(19)9-16(15)20/h3-9,11H,10H2,1-2H3,(H,21,23)(H,22,24). The van der Waals surface area contributed by atoms with Crippen LogP contribution in [0.25, 0.3) is 0 Å². The number of rotatable bonds is 5. The summed E-state index contributed by atoms with van der Waals surface area (Å²) in [6, 6.07) is 11.9. The molecule has 2 amide bonds. The molecule has 2 N–H and O–H groups in total. The molecule has 0 radical (unpaired) electrons. The van der Waals surface area contributed by atoms with Gasteiger partial charge in [0.05, 0.1) is 10.6 Å². The fourth-order valence-corrected chi connectivity index (χ4v) is 2.50. The zero-order chi connectivity index (χ0) is 18.4. The summed E-state index contributed by atoms with van der Waals surface area (Å²) in [6.45, 7) is 3.97. The lowest BCUT2D eigenvalue weighted by atomic mass is 10.0. The van der Waals surface area contributed by atoms with Gasteiger partial charge in [0.1, 0.15) is 5.75 Å². The lowest BCUT2D eigenvalue weighted by Crippen LogP contribution is -2.43. The summed E-state index contributed by atoms with van der Waals surface area (Å²) in [7, 11) is 0. The number of nitrogens with one attached hydrogen (secondary N) is 2. The maximum Gasteiger partial charge on any atom is 0.276 e. The predicted octanol–water partition coefficient (Wildman–Crippen LogP) is 3.96. The minimum Gasteiger partial charge on any atom is -0.484 e. The molecule has 0 bridgehead atoms. The van der Waals surface area contributed by atoms with E-state index in [-0.39, 0.29) is 17.2 Å². The van der Waals surface area contributed by atoms with Gasteiger partial charge in [-0.15, -0.1) is 0 Å². The number of hydrazine groups is 1. The highest BCUT2D eigenvalue weighted by Crippen LogP contribution is 2.20. The number of amides is 2. The van der Waals surface area contributed by atoms with Crippen LogP contribution < -0.4 is 15.6 Å². The highest BCUT2D eigenvalue weighted by molar-refractivity contribution is 6.36. The molecule has 0 spiro atoms. The van der Waals surface area contributed by atoms with Gasteiger partial charge in [-0.25, -0.2) is 0 Å². The Labute approximate surface area is 156 Å². The molecule has 0 atom stereocenters. The Morgan fingerprint density at radius 2 is 1.72 bits per heavy atom. The Hall–Kier alpha value is -2.24. The van der Waals surface area contributed by atoms with Gasteiger partial charge in [0.15, 0.2) is 6.61 Å². The molecule has 2 rings (SSSR count). The number of halogens is 2. The molecule has 0 heterocycles. The molecule has 132 valence electrons. The smallest absolute Gasteiger partial charge is 0.276 e. The Balaban J connectivity index is 1.81. The van der Waals surface area contributed by atoms with Gasteiger partial charge in [-0.2, -0.15) is 0 Å². The van der Waals surface area contributed by atoms with Crippen molar-refractivity contribution in [2.24, 2.45) is 0 Å². The number of carbonyl (C=O) groups excluding carboxylic acids is 2. The average molecular weight is 381 g/mol. The summed E-state index contributed by atoms with van der Waals surface area (Å²) in [5, 5.41) is 0.614. The van der Waals surface area contributed by atoms with Crippen molar-refractivity contribution in [3.63, 3.8) is 0 Å². The summed E-state index contributed by atoms with van der Waals surface area (Å²) in [4.78, 5) is 23.7. The van der Waals surface area contributed by atoms with Crippen LogP contribution in [0.2, 0.25) is 10.0 Å². The number of hydrogen-bond donors (Lipinski definition) is 2. The van der Waals surface area contributed by atoms with E-state index in [1.54, 1.807) is 12.1 Å². The third kappa shape index (κ3) is 5.66. The van der Waals surface area contributed by atoms with Crippen LogP contribution >= 0.6 is 23.2 Å². The first-order chi connectivity index (χ1) is 11.9. The van der Waals surface area contributed by atoms with Crippen molar-refractivity contribution in [3.05, 3.63) is 63.6 Å². The zero-order valence-corrected chi connectivity index (χ0v) is 15.3. The van der Waals surface area contributed by atoms with E-state index >= 15 is 0 Å². The summed E-state index contributed by atoms with van der Waals surface area (Å²) < 4.78 is 5.37. The van der Waals surface area contributed by atoms with E-state index in [1.807, 2.05) is 12.1 Å². The van der Waals surface area contributed by atoms with Crippen molar-refractivity contribution in [1.82, 2.24) is 10.9 Å². The summed E-state index contributed by atoms with van der Waals surface area (Å²) in [6.07, 6.45) is 0. The van der Waals surface area contributed by atoms with E-state index in [2.05, 4.69) is 24.7 Å². The van der Waals surface area contributed by atoms with Crippen LogP contribution in [0.1, 0.15) is 35.7 Å². The van der Waals surface area contributed by atoms with E-state index in [0.29, 0.717) is 16.7 Å². The van der Waals surface area contributed by atoms with Gasteiger partial charge >= 0.3 is 0 Å². The third-order valence-corrected chi connectivity index (χ3v) is 3.96. The Bertz CT molecular complexity index is 761. The largest absolute Gasteiger partial charge is 0.484 e. The Morgan fingerprint density at radius 1 is 1.04 bits per heavy atom. The van der Waals surface area contributed by atoms with Crippen molar-refractivity contribution in [3.8, 4) is 5.75 Å². The van der Waals surface area contributed by atoms with Crippen LogP contribution in [0.3, 0.4) is 0 Å². The van der Waals surface area contributed by atoms with Crippen LogP contribution in [0, 0.1) is 0 Å². The SMILES string of the molecule is CC(C)c1ccc(OCC(=O)NNC(=O)c2ccc(Cl)cc2Cl)cc1. The Kier molecular flexibility index (Phi) is 6.67. The van der Waals surface area contributed by atoms with Crippen molar-refractivity contribution in [2.75, 3.05) is 6.61 Å². The summed E-state index contributed by atoms with van der Waals surface area (Å²) >= 11 is 11.7. The molecule has 2 aromatic rings. The number of carbonyl (C=O) groups is 2. The number of hydrogen-bond acceptors (Lipinski definition) is 3. The van der Waals surface area contributed by atoms with Gasteiger partial charge in [-0.3, -0.25) is 20.4 Å². The van der Waals surface area contributed by atoms with E-state index < -0.39 is 11.8 Å². The minimum atomic E-state index is -0.545. The molecule has 0 aliphatic carbocycles. The molecule has 7 heteroatoms. The highest BCUT2D eigenvalue weighted by atomic mass is 35.5. The molecule has 0 aliphatic heterocycles. The molecule has 0 fully saturated rings. The quantitative estimate of drug-likeness (QED) is 0.771. The molecule has 5 nitrogen and oxygen atoms in total. The second-order valence-electron chi connectivity index (χ2n) is 5.64. The Morgan fingerprint density at radius 3 is 2.32 bits per heavy atom. The average Bonchev–Trinajstić information content (AvgIpc) is 2.58. The maximum absolute atomic E-state index is 12.0. The van der Waals surface area contributed by atoms with Gasteiger partial charge in [-0.1, -0.05) is 49.2 Å². The lowest BCUT2D eigenvalue weighted by Gasteiger charge is -2.10. The van der Waals surface area contributed by atoms with Crippen LogP contribution in [0.15, 0.2) is 42.5 Å². The molecule has 0 aromatic heterocycles. The molecular formula is C18H18Cl2N2O3. The van der Waals surface area contributed by atoms with Crippen molar-refractivity contribution < 1.29 is 14.3 Å². The maximum atomic E-state index is 12.0. The first kappa shape index (κ1) is 19.1. The van der Waals surface area contributed by atoms with Crippen LogP contribution in [-0.2, 0) is 4.79 Å². The normalized spacial score (nSPS) is 10.4. The highest BCUT2D eigenvalue weighted by Gasteiger charge is 2.12. The first-order valence-electron chi connectivity index (χ1n) is 7.64. The summed E-state index contributed by atoms with van der Waals surface area (Å²) in [5.41, 5.74) is 5.93. The van der Waals surface area contributed by atoms with E-state index in [1.165, 1.54) is 23.8 Å².